The van der Waals surface area contributed by atoms with Crippen molar-refractivity contribution in [1.82, 2.24) is 0 Å². The van der Waals surface area contributed by atoms with Gasteiger partial charge in [0.05, 0.1) is 34.0 Å². The Bertz CT molecular complexity index is 1900. The van der Waals surface area contributed by atoms with Crippen molar-refractivity contribution in [3.05, 3.63) is 87.0 Å². The Morgan fingerprint density at radius 1 is 0.667 bits per heavy atom. The molecule has 0 fully saturated rings. The van der Waals surface area contributed by atoms with Gasteiger partial charge in [-0.05, 0) is 49.6 Å². The number of ether oxygens (including phenoxy) is 4. The summed E-state index contributed by atoms with van der Waals surface area (Å²) in [5.41, 5.74) is 8.53. The van der Waals surface area contributed by atoms with E-state index in [-0.39, 0.29) is 62.6 Å². The van der Waals surface area contributed by atoms with E-state index in [2.05, 4.69) is 71.9 Å². The predicted octanol–water partition coefficient (Wildman–Crippen LogP) is 10.7. The van der Waals surface area contributed by atoms with Crippen LogP contribution in [0.25, 0.3) is 0 Å². The first-order chi connectivity index (χ1) is 30.5. The molecular formula is C46H67N7O10. The van der Waals surface area contributed by atoms with Crippen LogP contribution >= 0.6 is 0 Å². The first-order valence-electron chi connectivity index (χ1n) is 22.2. The van der Waals surface area contributed by atoms with E-state index in [0.717, 1.165) is 42.5 Å². The molecule has 3 rings (SSSR count). The molecule has 63 heavy (non-hydrogen) atoms. The van der Waals surface area contributed by atoms with Gasteiger partial charge in [0.25, 0.3) is 5.69 Å². The van der Waals surface area contributed by atoms with Gasteiger partial charge >= 0.3 is 17.6 Å². The quantitative estimate of drug-likeness (QED) is 0.0110. The van der Waals surface area contributed by atoms with Gasteiger partial charge in [-0.2, -0.15) is 0 Å². The van der Waals surface area contributed by atoms with E-state index < -0.39 is 27.2 Å². The number of nitrogens with zero attached hydrogens (tertiary/aromatic N) is 3. The average molecular weight is 878 g/mol. The molecule has 0 aromatic heterocycles. The van der Waals surface area contributed by atoms with Crippen molar-refractivity contribution in [1.29, 1.82) is 0 Å². The number of hydrazine groups is 1. The number of hydrogen-bond acceptors (Lipinski definition) is 15. The molecule has 0 atom stereocenters. The summed E-state index contributed by atoms with van der Waals surface area (Å²) >= 11 is 0. The molecule has 17 nitrogen and oxygen atoms in total. The van der Waals surface area contributed by atoms with Crippen LogP contribution in [0.5, 0.6) is 11.5 Å². The zero-order valence-electron chi connectivity index (χ0n) is 37.5. The molecule has 0 aliphatic rings. The van der Waals surface area contributed by atoms with Crippen LogP contribution in [0.15, 0.2) is 61.2 Å². The molecule has 17 heteroatoms. The largest absolute Gasteiger partial charge is 0.488 e. The first kappa shape index (κ1) is 51.1. The van der Waals surface area contributed by atoms with E-state index >= 15 is 0 Å². The van der Waals surface area contributed by atoms with E-state index in [9.17, 15) is 29.8 Å². The topological polar surface area (TPSA) is 209 Å². The van der Waals surface area contributed by atoms with Gasteiger partial charge in [-0.3, -0.25) is 35.9 Å². The molecular weight excluding hydrogens is 811 g/mol. The van der Waals surface area contributed by atoms with Crippen LogP contribution in [0.2, 0.25) is 0 Å². The molecule has 0 unspecified atom stereocenters. The highest BCUT2D eigenvalue weighted by atomic mass is 16.6. The number of nitro benzene ring substituents is 2. The highest BCUT2D eigenvalue weighted by molar-refractivity contribution is 5.81. The number of anilines is 5. The molecule has 0 aliphatic heterocycles. The van der Waals surface area contributed by atoms with Crippen molar-refractivity contribution in [2.24, 2.45) is 0 Å². The molecule has 0 saturated carbocycles. The Morgan fingerprint density at radius 3 is 1.81 bits per heavy atom. The van der Waals surface area contributed by atoms with Crippen LogP contribution in [0.1, 0.15) is 110 Å². The van der Waals surface area contributed by atoms with Crippen molar-refractivity contribution in [3.8, 4) is 11.5 Å². The number of unbranched alkanes of at least 4 members (excludes halogenated alkanes) is 10. The van der Waals surface area contributed by atoms with Crippen LogP contribution in [-0.2, 0) is 19.1 Å². The van der Waals surface area contributed by atoms with Gasteiger partial charge < -0.3 is 34.5 Å². The maximum Gasteiger partial charge on any atom is 0.330 e. The minimum Gasteiger partial charge on any atom is -0.488 e. The van der Waals surface area contributed by atoms with Gasteiger partial charge in [-0.25, -0.2) is 4.79 Å². The lowest BCUT2D eigenvalue weighted by Gasteiger charge is -2.26. The Hall–Kier alpha value is -6.26. The molecule has 0 radical (unpaired) electrons. The fraction of sp³-hybridized carbons (Fsp3) is 0.522. The van der Waals surface area contributed by atoms with Gasteiger partial charge in [0, 0.05) is 55.2 Å². The van der Waals surface area contributed by atoms with E-state index in [1.54, 1.807) is 19.1 Å². The summed E-state index contributed by atoms with van der Waals surface area (Å²) in [6.07, 6.45) is 16.2. The summed E-state index contributed by atoms with van der Waals surface area (Å²) in [4.78, 5) is 47.7. The fourth-order valence-electron chi connectivity index (χ4n) is 6.64. The Balaban J connectivity index is 1.86. The van der Waals surface area contributed by atoms with E-state index in [4.69, 9.17) is 18.9 Å². The number of esters is 2. The summed E-state index contributed by atoms with van der Waals surface area (Å²) < 4.78 is 22.4. The molecule has 0 spiro atoms. The predicted molar refractivity (Wildman–Crippen MR) is 249 cm³/mol. The molecule has 0 amide bonds. The number of aryl methyl sites for hydroxylation is 1. The third kappa shape index (κ3) is 18.7. The Labute approximate surface area is 371 Å². The van der Waals surface area contributed by atoms with E-state index in [1.807, 2.05) is 0 Å². The fourth-order valence-corrected chi connectivity index (χ4v) is 6.64. The number of carbonyl (C=O) groups is 2. The minimum atomic E-state index is -0.743. The minimum absolute atomic E-state index is 0.000794. The molecule has 0 heterocycles. The first-order valence-corrected chi connectivity index (χ1v) is 22.2. The molecule has 0 bridgehead atoms. The van der Waals surface area contributed by atoms with Crippen LogP contribution in [0.4, 0.5) is 39.8 Å². The van der Waals surface area contributed by atoms with Crippen molar-refractivity contribution < 1.29 is 38.4 Å². The van der Waals surface area contributed by atoms with Crippen molar-refractivity contribution >= 4 is 51.8 Å². The van der Waals surface area contributed by atoms with Crippen molar-refractivity contribution in [3.63, 3.8) is 0 Å². The van der Waals surface area contributed by atoms with Gasteiger partial charge in [0.2, 0.25) is 0 Å². The zero-order valence-corrected chi connectivity index (χ0v) is 37.5. The zero-order chi connectivity index (χ0) is 45.8. The smallest absolute Gasteiger partial charge is 0.330 e. The van der Waals surface area contributed by atoms with E-state index in [0.29, 0.717) is 11.4 Å². The summed E-state index contributed by atoms with van der Waals surface area (Å²) in [5.74, 6) is -0.473. The SMILES string of the molecule is C=CC(=O)OCCOc1cc(NCNc2ccc(N(CCCCCCCC)CCCCCCCC)cc2C)c(OCCOC(=O)CC)cc1NNc1ccc([N+](=O)[O-])cc1[N+](=O)[O-]. The highest BCUT2D eigenvalue weighted by Gasteiger charge is 2.21. The van der Waals surface area contributed by atoms with Gasteiger partial charge in [-0.15, -0.1) is 0 Å². The van der Waals surface area contributed by atoms with Crippen LogP contribution in [-0.4, -0.2) is 68.0 Å². The lowest BCUT2D eigenvalue weighted by molar-refractivity contribution is -0.393. The molecule has 3 aromatic rings. The molecule has 346 valence electrons. The maximum absolute atomic E-state index is 11.8. The van der Waals surface area contributed by atoms with Crippen LogP contribution < -0.4 is 35.9 Å². The Morgan fingerprint density at radius 2 is 1.22 bits per heavy atom. The number of non-ortho nitro benzene ring substituents is 1. The monoisotopic (exact) mass is 877 g/mol. The Kier molecular flexibility index (Phi) is 23.6. The summed E-state index contributed by atoms with van der Waals surface area (Å²) in [6.45, 7) is 13.8. The standard InChI is InChI=1S/C46H67N7O10/c1-6-10-12-14-16-18-24-51(25-19-17-15-13-11-7-2)36-20-22-38(35(5)30-36)47-34-48-40-32-44(61-27-29-63-46(55)9-4)41(33-43(40)60-26-28-62-45(54)8-3)50-49-39-23-21-37(52(56)57)31-42(39)53(58)59/h9,20-23,30-33,47-50H,4,6-8,10-19,24-29,34H2,1-3,5H3. The maximum atomic E-state index is 11.8. The molecule has 3 aromatic carbocycles. The third-order valence-corrected chi connectivity index (χ3v) is 10.1. The van der Waals surface area contributed by atoms with Crippen LogP contribution in [0, 0.1) is 27.2 Å². The second-order valence-electron chi connectivity index (χ2n) is 15.0. The lowest BCUT2D eigenvalue weighted by atomic mass is 10.1. The second-order valence-corrected chi connectivity index (χ2v) is 15.0. The summed E-state index contributed by atoms with van der Waals surface area (Å²) in [7, 11) is 0. The van der Waals surface area contributed by atoms with Crippen molar-refractivity contribution in [2.45, 2.75) is 111 Å². The van der Waals surface area contributed by atoms with Gasteiger partial charge in [-0.1, -0.05) is 91.6 Å². The number of nitrogens with one attached hydrogen (secondary N) is 4. The molecule has 0 aliphatic carbocycles. The van der Waals surface area contributed by atoms with Crippen LogP contribution in [0.3, 0.4) is 0 Å². The number of carbonyl (C=O) groups excluding carboxylic acids is 2. The lowest BCUT2D eigenvalue weighted by Crippen LogP contribution is -2.26. The number of hydrogen-bond donors (Lipinski definition) is 4. The summed E-state index contributed by atoms with van der Waals surface area (Å²) in [5, 5.41) is 30.0. The number of rotatable bonds is 34. The second kappa shape index (κ2) is 29.1. The normalized spacial score (nSPS) is 10.7. The number of nitro groups is 2. The third-order valence-electron chi connectivity index (χ3n) is 10.1. The van der Waals surface area contributed by atoms with E-state index in [1.165, 1.54) is 88.8 Å². The van der Waals surface area contributed by atoms with Gasteiger partial charge in [0.1, 0.15) is 43.6 Å². The van der Waals surface area contributed by atoms with Gasteiger partial charge in [0.15, 0.2) is 0 Å². The number of benzene rings is 3. The summed E-state index contributed by atoms with van der Waals surface area (Å²) in [6, 6.07) is 12.9. The van der Waals surface area contributed by atoms with Crippen molar-refractivity contribution in [2.75, 3.05) is 72.6 Å². The average Bonchev–Trinajstić information content (AvgIpc) is 3.28. The molecule has 4 N–H and O–H groups in total. The molecule has 0 saturated heterocycles. The highest BCUT2D eigenvalue weighted by Crippen LogP contribution is 2.38.